The summed E-state index contributed by atoms with van der Waals surface area (Å²) < 4.78 is 0. The van der Waals surface area contributed by atoms with Crippen LogP contribution in [0.3, 0.4) is 0 Å². The van der Waals surface area contributed by atoms with Crippen molar-refractivity contribution in [2.75, 3.05) is 57.3 Å². The van der Waals surface area contributed by atoms with Crippen molar-refractivity contribution in [1.82, 2.24) is 15.5 Å². The molecule has 0 bridgehead atoms. The van der Waals surface area contributed by atoms with E-state index >= 15 is 0 Å². The molecule has 7 heteroatoms. The van der Waals surface area contributed by atoms with Crippen molar-refractivity contribution in [3.05, 3.63) is 65.2 Å². The molecule has 2 heterocycles. The number of anilines is 1. The molecule has 1 unspecified atom stereocenters. The highest BCUT2D eigenvalue weighted by molar-refractivity contribution is 6.03. The van der Waals surface area contributed by atoms with Crippen LogP contribution in [0.5, 0.6) is 0 Å². The summed E-state index contributed by atoms with van der Waals surface area (Å²) in [7, 11) is 0. The fourth-order valence-electron chi connectivity index (χ4n) is 4.58. The maximum absolute atomic E-state index is 13.4. The van der Waals surface area contributed by atoms with E-state index < -0.39 is 5.54 Å². The first-order chi connectivity index (χ1) is 16.0. The third kappa shape index (κ3) is 5.43. The second-order valence-corrected chi connectivity index (χ2v) is 9.04. The van der Waals surface area contributed by atoms with Gasteiger partial charge in [-0.3, -0.25) is 9.59 Å². The van der Waals surface area contributed by atoms with Gasteiger partial charge in [-0.05, 0) is 54.8 Å². The zero-order chi connectivity index (χ0) is 23.3. The second kappa shape index (κ2) is 10.5. The van der Waals surface area contributed by atoms with E-state index in [9.17, 15) is 9.59 Å². The lowest BCUT2D eigenvalue weighted by Gasteiger charge is -2.30. The number of rotatable bonds is 7. The first kappa shape index (κ1) is 23.4. The summed E-state index contributed by atoms with van der Waals surface area (Å²) in [6, 6.07) is 15.4. The molecule has 2 fully saturated rings. The lowest BCUT2D eigenvalue weighted by atomic mass is 9.82. The van der Waals surface area contributed by atoms with Crippen molar-refractivity contribution in [3.8, 4) is 0 Å². The Morgan fingerprint density at radius 3 is 1.97 bits per heavy atom. The van der Waals surface area contributed by atoms with Gasteiger partial charge in [0.05, 0.1) is 5.54 Å². The standard InChI is InChI=1S/C26H35N5O2/c1-2-26(27,24(32)21-7-9-23(10-8-21)30-15-11-28-12-16-30)19-20-3-5-22(6-4-20)25(33)31-17-13-29-14-18-31/h3-10,28-29H,2,11-19,27H2,1H3. The zero-order valence-electron chi connectivity index (χ0n) is 19.5. The summed E-state index contributed by atoms with van der Waals surface area (Å²) in [5.41, 5.74) is 9.08. The Labute approximate surface area is 196 Å². The van der Waals surface area contributed by atoms with E-state index in [1.54, 1.807) is 0 Å². The van der Waals surface area contributed by atoms with E-state index in [2.05, 4.69) is 15.5 Å². The van der Waals surface area contributed by atoms with Crippen LogP contribution in [-0.2, 0) is 6.42 Å². The number of nitrogens with one attached hydrogen (secondary N) is 2. The minimum atomic E-state index is -0.985. The van der Waals surface area contributed by atoms with Crippen LogP contribution in [0.15, 0.2) is 48.5 Å². The average molecular weight is 450 g/mol. The molecule has 0 radical (unpaired) electrons. The number of benzene rings is 2. The minimum absolute atomic E-state index is 0.0437. The lowest BCUT2D eigenvalue weighted by molar-refractivity contribution is 0.0735. The van der Waals surface area contributed by atoms with Crippen LogP contribution in [0.25, 0.3) is 0 Å². The first-order valence-electron chi connectivity index (χ1n) is 12.0. The molecule has 0 saturated carbocycles. The van der Waals surface area contributed by atoms with Gasteiger partial charge in [-0.2, -0.15) is 0 Å². The summed E-state index contributed by atoms with van der Waals surface area (Å²) in [4.78, 5) is 30.3. The van der Waals surface area contributed by atoms with Crippen LogP contribution in [0.1, 0.15) is 39.6 Å². The van der Waals surface area contributed by atoms with Crippen molar-refractivity contribution in [3.63, 3.8) is 0 Å². The van der Waals surface area contributed by atoms with Gasteiger partial charge in [0.25, 0.3) is 5.91 Å². The molecule has 4 rings (SSSR count). The highest BCUT2D eigenvalue weighted by Gasteiger charge is 2.33. The van der Waals surface area contributed by atoms with Gasteiger partial charge in [-0.25, -0.2) is 0 Å². The summed E-state index contributed by atoms with van der Waals surface area (Å²) in [6.45, 7) is 8.95. The third-order valence-corrected chi connectivity index (χ3v) is 6.82. The van der Waals surface area contributed by atoms with Crippen LogP contribution >= 0.6 is 0 Å². The fourth-order valence-corrected chi connectivity index (χ4v) is 4.58. The number of Topliss-reactive ketones (excluding diaryl/α,β-unsaturated/α-hetero) is 1. The zero-order valence-corrected chi connectivity index (χ0v) is 19.5. The number of carbonyl (C=O) groups is 2. The van der Waals surface area contributed by atoms with Crippen LogP contribution < -0.4 is 21.3 Å². The van der Waals surface area contributed by atoms with E-state index in [1.165, 1.54) is 0 Å². The number of nitrogens with two attached hydrogens (primary N) is 1. The molecule has 0 spiro atoms. The van der Waals surface area contributed by atoms with Crippen molar-refractivity contribution >= 4 is 17.4 Å². The molecule has 0 aromatic heterocycles. The largest absolute Gasteiger partial charge is 0.369 e. The maximum atomic E-state index is 13.4. The highest BCUT2D eigenvalue weighted by Crippen LogP contribution is 2.23. The molecular weight excluding hydrogens is 414 g/mol. The van der Waals surface area contributed by atoms with Gasteiger partial charge in [-0.15, -0.1) is 0 Å². The molecule has 4 N–H and O–H groups in total. The molecule has 176 valence electrons. The summed E-state index contributed by atoms with van der Waals surface area (Å²) in [5, 5.41) is 6.62. The van der Waals surface area contributed by atoms with E-state index in [4.69, 9.17) is 5.73 Å². The summed E-state index contributed by atoms with van der Waals surface area (Å²) >= 11 is 0. The van der Waals surface area contributed by atoms with E-state index in [-0.39, 0.29) is 11.7 Å². The summed E-state index contributed by atoms with van der Waals surface area (Å²) in [5.74, 6) is 0.0102. The molecule has 33 heavy (non-hydrogen) atoms. The van der Waals surface area contributed by atoms with Gasteiger partial charge < -0.3 is 26.2 Å². The molecule has 2 saturated heterocycles. The SMILES string of the molecule is CCC(N)(Cc1ccc(C(=O)N2CCNCC2)cc1)C(=O)c1ccc(N2CCNCC2)cc1. The van der Waals surface area contributed by atoms with Crippen LogP contribution in [-0.4, -0.2) is 74.5 Å². The van der Waals surface area contributed by atoms with E-state index in [0.29, 0.717) is 24.0 Å². The minimum Gasteiger partial charge on any atom is -0.369 e. The number of hydrogen-bond donors (Lipinski definition) is 3. The Bertz CT molecular complexity index is 948. The van der Waals surface area contributed by atoms with Gasteiger partial charge in [0.15, 0.2) is 5.78 Å². The third-order valence-electron chi connectivity index (χ3n) is 6.82. The topological polar surface area (TPSA) is 90.7 Å². The fraction of sp³-hybridized carbons (Fsp3) is 0.462. The average Bonchev–Trinajstić information content (AvgIpc) is 2.89. The monoisotopic (exact) mass is 449 g/mol. The van der Waals surface area contributed by atoms with Crippen molar-refractivity contribution in [2.45, 2.75) is 25.3 Å². The molecule has 2 aromatic rings. The first-order valence-corrected chi connectivity index (χ1v) is 12.0. The number of hydrogen-bond acceptors (Lipinski definition) is 6. The summed E-state index contributed by atoms with van der Waals surface area (Å²) in [6.07, 6.45) is 0.969. The van der Waals surface area contributed by atoms with Crippen molar-refractivity contribution in [1.29, 1.82) is 0 Å². The number of piperazine rings is 2. The molecular formula is C26H35N5O2. The van der Waals surface area contributed by atoms with Gasteiger partial charge in [0.2, 0.25) is 0 Å². The molecule has 1 amide bonds. The lowest BCUT2D eigenvalue weighted by Crippen LogP contribution is -2.49. The number of carbonyl (C=O) groups excluding carboxylic acids is 2. The van der Waals surface area contributed by atoms with Gasteiger partial charge in [0, 0.05) is 69.2 Å². The molecule has 2 aliphatic rings. The molecule has 7 nitrogen and oxygen atoms in total. The predicted octanol–water partition coefficient (Wildman–Crippen LogP) is 1.67. The highest BCUT2D eigenvalue weighted by atomic mass is 16.2. The van der Waals surface area contributed by atoms with Gasteiger partial charge in [0.1, 0.15) is 0 Å². The van der Waals surface area contributed by atoms with Gasteiger partial charge in [-0.1, -0.05) is 19.1 Å². The molecule has 1 atom stereocenters. The quantitative estimate of drug-likeness (QED) is 0.557. The predicted molar refractivity (Wildman–Crippen MR) is 132 cm³/mol. The second-order valence-electron chi connectivity index (χ2n) is 9.04. The normalized spacial score (nSPS) is 18.6. The number of nitrogens with zero attached hydrogens (tertiary/aromatic N) is 2. The Morgan fingerprint density at radius 1 is 0.848 bits per heavy atom. The van der Waals surface area contributed by atoms with Gasteiger partial charge >= 0.3 is 0 Å². The Hall–Kier alpha value is -2.74. The molecule has 2 aliphatic heterocycles. The Balaban J connectivity index is 1.43. The van der Waals surface area contributed by atoms with Crippen LogP contribution in [0, 0.1) is 0 Å². The number of ketones is 1. The maximum Gasteiger partial charge on any atom is 0.253 e. The smallest absolute Gasteiger partial charge is 0.253 e. The van der Waals surface area contributed by atoms with Crippen molar-refractivity contribution in [2.24, 2.45) is 5.73 Å². The molecule has 0 aliphatic carbocycles. The Morgan fingerprint density at radius 2 is 1.39 bits per heavy atom. The Kier molecular flexibility index (Phi) is 7.42. The number of amides is 1. The van der Waals surface area contributed by atoms with Crippen LogP contribution in [0.2, 0.25) is 0 Å². The van der Waals surface area contributed by atoms with Crippen molar-refractivity contribution < 1.29 is 9.59 Å². The molecule has 2 aromatic carbocycles. The van der Waals surface area contributed by atoms with E-state index in [0.717, 1.165) is 63.6 Å². The van der Waals surface area contributed by atoms with Crippen LogP contribution in [0.4, 0.5) is 5.69 Å². The van der Waals surface area contributed by atoms with E-state index in [1.807, 2.05) is 60.4 Å².